The van der Waals surface area contributed by atoms with E-state index in [9.17, 15) is 9.59 Å². The standard InChI is InChI=1S/C23H30N4O3S/c28-21(13-16-6-12-31-15-16)27-9-3-20-19(14-27)23(29)25-22(24-20)17-1-7-26(8-2-17)18-4-10-30-11-5-18/h6,12,15,17-18H,1-5,7-11,13-14H2,(H,24,25,29). The van der Waals surface area contributed by atoms with Gasteiger partial charge in [-0.1, -0.05) is 0 Å². The molecule has 2 aromatic heterocycles. The fourth-order valence-corrected chi connectivity index (χ4v) is 5.79. The van der Waals surface area contributed by atoms with Crippen LogP contribution in [0.3, 0.4) is 0 Å². The molecule has 0 radical (unpaired) electrons. The van der Waals surface area contributed by atoms with Gasteiger partial charge in [0.25, 0.3) is 5.56 Å². The number of carbonyl (C=O) groups excluding carboxylic acids is 1. The van der Waals surface area contributed by atoms with Gasteiger partial charge in [-0.2, -0.15) is 11.3 Å². The normalized spacial score (nSPS) is 21.2. The molecule has 166 valence electrons. The molecule has 3 aliphatic rings. The molecule has 3 aliphatic heterocycles. The second-order valence-electron chi connectivity index (χ2n) is 8.90. The highest BCUT2D eigenvalue weighted by molar-refractivity contribution is 7.08. The second-order valence-corrected chi connectivity index (χ2v) is 9.68. The Morgan fingerprint density at radius 1 is 1.19 bits per heavy atom. The highest BCUT2D eigenvalue weighted by Gasteiger charge is 2.30. The van der Waals surface area contributed by atoms with Gasteiger partial charge in [0.15, 0.2) is 0 Å². The Kier molecular flexibility index (Phi) is 6.20. The summed E-state index contributed by atoms with van der Waals surface area (Å²) in [5.74, 6) is 1.23. The molecule has 2 fully saturated rings. The van der Waals surface area contributed by atoms with Gasteiger partial charge >= 0.3 is 0 Å². The maximum atomic E-state index is 12.9. The minimum absolute atomic E-state index is 0.0695. The van der Waals surface area contributed by atoms with E-state index in [1.807, 2.05) is 16.8 Å². The third-order valence-electron chi connectivity index (χ3n) is 7.00. The first-order valence-electron chi connectivity index (χ1n) is 11.4. The van der Waals surface area contributed by atoms with E-state index < -0.39 is 0 Å². The molecule has 1 N–H and O–H groups in total. The first-order valence-corrected chi connectivity index (χ1v) is 12.3. The minimum atomic E-state index is -0.0695. The van der Waals surface area contributed by atoms with E-state index in [4.69, 9.17) is 9.72 Å². The van der Waals surface area contributed by atoms with Crippen molar-refractivity contribution in [2.75, 3.05) is 32.8 Å². The van der Waals surface area contributed by atoms with Gasteiger partial charge in [-0.15, -0.1) is 0 Å². The molecule has 5 heterocycles. The van der Waals surface area contributed by atoms with E-state index >= 15 is 0 Å². The SMILES string of the molecule is O=C(Cc1ccsc1)N1CCc2nc(C3CCN(C4CCOCC4)CC3)[nH]c(=O)c2C1. The third-order valence-corrected chi connectivity index (χ3v) is 7.73. The van der Waals surface area contributed by atoms with Gasteiger partial charge in [0.1, 0.15) is 5.82 Å². The molecule has 0 saturated carbocycles. The van der Waals surface area contributed by atoms with Crippen LogP contribution in [0.15, 0.2) is 21.6 Å². The summed E-state index contributed by atoms with van der Waals surface area (Å²) in [7, 11) is 0. The molecule has 0 aromatic carbocycles. The number of rotatable bonds is 4. The number of ether oxygens (including phenoxy) is 1. The molecular weight excluding hydrogens is 412 g/mol. The zero-order chi connectivity index (χ0) is 21.2. The lowest BCUT2D eigenvalue weighted by molar-refractivity contribution is -0.131. The number of hydrogen-bond donors (Lipinski definition) is 1. The molecule has 2 aromatic rings. The molecule has 8 heteroatoms. The first-order chi connectivity index (χ1) is 15.2. The number of hydrogen-bond acceptors (Lipinski definition) is 6. The number of nitrogens with one attached hydrogen (secondary N) is 1. The first kappa shape index (κ1) is 20.8. The van der Waals surface area contributed by atoms with Crippen molar-refractivity contribution in [2.45, 2.75) is 57.0 Å². The van der Waals surface area contributed by atoms with Crippen LogP contribution in [0.5, 0.6) is 0 Å². The average Bonchev–Trinajstić information content (AvgIpc) is 3.32. The predicted octanol–water partition coefficient (Wildman–Crippen LogP) is 2.32. The topological polar surface area (TPSA) is 78.5 Å². The highest BCUT2D eigenvalue weighted by atomic mass is 32.1. The van der Waals surface area contributed by atoms with E-state index in [0.717, 1.165) is 69.1 Å². The van der Waals surface area contributed by atoms with Crippen LogP contribution < -0.4 is 5.56 Å². The van der Waals surface area contributed by atoms with Crippen LogP contribution in [0.25, 0.3) is 0 Å². The van der Waals surface area contributed by atoms with Crippen molar-refractivity contribution in [2.24, 2.45) is 0 Å². The summed E-state index contributed by atoms with van der Waals surface area (Å²) in [5, 5.41) is 3.99. The maximum absolute atomic E-state index is 12.9. The Morgan fingerprint density at radius 2 is 2.00 bits per heavy atom. The monoisotopic (exact) mass is 442 g/mol. The van der Waals surface area contributed by atoms with Gasteiger partial charge in [-0.25, -0.2) is 4.98 Å². The van der Waals surface area contributed by atoms with Crippen LogP contribution in [-0.2, 0) is 28.9 Å². The Hall–Kier alpha value is -2.03. The number of aromatic amines is 1. The number of nitrogens with zero attached hydrogens (tertiary/aromatic N) is 3. The van der Waals surface area contributed by atoms with E-state index in [2.05, 4.69) is 9.88 Å². The van der Waals surface area contributed by atoms with E-state index in [0.29, 0.717) is 43.5 Å². The molecule has 5 rings (SSSR count). The molecule has 0 spiro atoms. The number of piperidine rings is 1. The molecule has 0 atom stereocenters. The summed E-state index contributed by atoms with van der Waals surface area (Å²) < 4.78 is 5.49. The zero-order valence-corrected chi connectivity index (χ0v) is 18.7. The summed E-state index contributed by atoms with van der Waals surface area (Å²) >= 11 is 1.60. The number of likely N-dealkylation sites (tertiary alicyclic amines) is 1. The quantitative estimate of drug-likeness (QED) is 0.786. The van der Waals surface area contributed by atoms with Crippen molar-refractivity contribution < 1.29 is 9.53 Å². The molecule has 2 saturated heterocycles. The average molecular weight is 443 g/mol. The Bertz CT molecular complexity index is 960. The van der Waals surface area contributed by atoms with Crippen molar-refractivity contribution in [3.05, 3.63) is 49.8 Å². The molecule has 31 heavy (non-hydrogen) atoms. The molecular formula is C23H30N4O3S. The van der Waals surface area contributed by atoms with Crippen molar-refractivity contribution in [3.8, 4) is 0 Å². The van der Waals surface area contributed by atoms with Crippen molar-refractivity contribution in [3.63, 3.8) is 0 Å². The third kappa shape index (κ3) is 4.61. The van der Waals surface area contributed by atoms with Crippen LogP contribution in [-0.4, -0.2) is 64.6 Å². The summed E-state index contributed by atoms with van der Waals surface area (Å²) in [6.45, 7) is 4.85. The molecule has 0 unspecified atom stereocenters. The number of thiophene rings is 1. The number of fused-ring (bicyclic) bond motifs is 1. The Morgan fingerprint density at radius 3 is 2.74 bits per heavy atom. The van der Waals surface area contributed by atoms with Gasteiger partial charge < -0.3 is 19.5 Å². The van der Waals surface area contributed by atoms with Gasteiger partial charge in [-0.3, -0.25) is 9.59 Å². The lowest BCUT2D eigenvalue weighted by atomic mass is 9.93. The fourth-order valence-electron chi connectivity index (χ4n) is 5.12. The van der Waals surface area contributed by atoms with Crippen LogP contribution in [0, 0.1) is 0 Å². The number of aromatic nitrogens is 2. The molecule has 1 amide bonds. The van der Waals surface area contributed by atoms with Gasteiger partial charge in [0.05, 0.1) is 24.2 Å². The van der Waals surface area contributed by atoms with Crippen molar-refractivity contribution in [1.29, 1.82) is 0 Å². The van der Waals surface area contributed by atoms with E-state index in [1.54, 1.807) is 16.2 Å². The second kappa shape index (κ2) is 9.22. The highest BCUT2D eigenvalue weighted by Crippen LogP contribution is 2.29. The Balaban J connectivity index is 1.23. The molecule has 0 aliphatic carbocycles. The van der Waals surface area contributed by atoms with Crippen LogP contribution in [0.1, 0.15) is 54.2 Å². The van der Waals surface area contributed by atoms with Gasteiger partial charge in [-0.05, 0) is 61.2 Å². The number of amides is 1. The number of H-pyrrole nitrogens is 1. The fraction of sp³-hybridized carbons (Fsp3) is 0.609. The Labute approximate surface area is 186 Å². The van der Waals surface area contributed by atoms with Crippen LogP contribution in [0.2, 0.25) is 0 Å². The van der Waals surface area contributed by atoms with E-state index in [-0.39, 0.29) is 11.5 Å². The summed E-state index contributed by atoms with van der Waals surface area (Å²) in [5.41, 5.74) is 2.51. The largest absolute Gasteiger partial charge is 0.381 e. The molecule has 7 nitrogen and oxygen atoms in total. The lowest BCUT2D eigenvalue weighted by Gasteiger charge is -2.39. The van der Waals surface area contributed by atoms with E-state index in [1.165, 1.54) is 0 Å². The van der Waals surface area contributed by atoms with Crippen molar-refractivity contribution in [1.82, 2.24) is 19.8 Å². The lowest BCUT2D eigenvalue weighted by Crippen LogP contribution is -2.44. The van der Waals surface area contributed by atoms with Gasteiger partial charge in [0, 0.05) is 38.1 Å². The van der Waals surface area contributed by atoms with Crippen LogP contribution in [0.4, 0.5) is 0 Å². The number of carbonyl (C=O) groups is 1. The maximum Gasteiger partial charge on any atom is 0.256 e. The smallest absolute Gasteiger partial charge is 0.256 e. The zero-order valence-electron chi connectivity index (χ0n) is 17.8. The summed E-state index contributed by atoms with van der Waals surface area (Å²) in [6.07, 6.45) is 5.37. The minimum Gasteiger partial charge on any atom is -0.381 e. The van der Waals surface area contributed by atoms with Gasteiger partial charge in [0.2, 0.25) is 5.91 Å². The summed E-state index contributed by atoms with van der Waals surface area (Å²) in [4.78, 5) is 37.8. The summed E-state index contributed by atoms with van der Waals surface area (Å²) in [6, 6.07) is 2.62. The predicted molar refractivity (Wildman–Crippen MR) is 119 cm³/mol. The molecule has 0 bridgehead atoms. The van der Waals surface area contributed by atoms with Crippen molar-refractivity contribution >= 4 is 17.2 Å². The van der Waals surface area contributed by atoms with Crippen LogP contribution >= 0.6 is 11.3 Å².